The Labute approximate surface area is 222 Å². The number of morpholine rings is 1. The molecule has 0 spiro atoms. The number of hydrogen-bond donors (Lipinski definition) is 1. The number of thiazole rings is 1. The zero-order chi connectivity index (χ0) is 25.5. The van der Waals surface area contributed by atoms with Crippen LogP contribution in [0.2, 0.25) is 0 Å². The van der Waals surface area contributed by atoms with Crippen LogP contribution in [0, 0.1) is 0 Å². The van der Waals surface area contributed by atoms with Crippen molar-refractivity contribution in [2.45, 2.75) is 25.2 Å². The first kappa shape index (κ1) is 25.9. The summed E-state index contributed by atoms with van der Waals surface area (Å²) in [4.78, 5) is 43.3. The van der Waals surface area contributed by atoms with Crippen LogP contribution in [0.15, 0.2) is 29.8 Å². The molecular formula is C26H37N7O3S. The summed E-state index contributed by atoms with van der Waals surface area (Å²) in [6.45, 7) is 9.65. The summed E-state index contributed by atoms with van der Waals surface area (Å²) < 4.78 is 5.37. The van der Waals surface area contributed by atoms with E-state index in [0.717, 1.165) is 89.1 Å². The quantitative estimate of drug-likeness (QED) is 0.551. The lowest BCUT2D eigenvalue weighted by molar-refractivity contribution is 0.0374. The van der Waals surface area contributed by atoms with Crippen molar-refractivity contribution in [3.8, 4) is 0 Å². The van der Waals surface area contributed by atoms with Gasteiger partial charge in [-0.25, -0.2) is 14.8 Å². The number of ether oxygens (including phenoxy) is 1. The van der Waals surface area contributed by atoms with Crippen molar-refractivity contribution in [1.82, 2.24) is 30.0 Å². The number of amides is 3. The summed E-state index contributed by atoms with van der Waals surface area (Å²) in [5, 5.41) is 5.88. The van der Waals surface area contributed by atoms with E-state index in [0.29, 0.717) is 31.2 Å². The molecular weight excluding hydrogens is 490 g/mol. The van der Waals surface area contributed by atoms with E-state index in [2.05, 4.69) is 25.1 Å². The van der Waals surface area contributed by atoms with E-state index in [-0.39, 0.29) is 11.9 Å². The minimum Gasteiger partial charge on any atom is -0.379 e. The fourth-order valence-corrected chi connectivity index (χ4v) is 6.16. The maximum atomic E-state index is 13.1. The first-order valence-electron chi connectivity index (χ1n) is 13.4. The number of piperazine rings is 1. The second kappa shape index (κ2) is 12.7. The Hall–Kier alpha value is -2.76. The Morgan fingerprint density at radius 2 is 1.76 bits per heavy atom. The first-order valence-corrected chi connectivity index (χ1v) is 14.3. The summed E-state index contributed by atoms with van der Waals surface area (Å²) in [7, 11) is 0. The average molecular weight is 528 g/mol. The van der Waals surface area contributed by atoms with Gasteiger partial charge in [-0.1, -0.05) is 6.07 Å². The van der Waals surface area contributed by atoms with E-state index in [4.69, 9.17) is 4.74 Å². The number of urea groups is 1. The van der Waals surface area contributed by atoms with E-state index < -0.39 is 0 Å². The Morgan fingerprint density at radius 1 is 1.00 bits per heavy atom. The highest BCUT2D eigenvalue weighted by Crippen LogP contribution is 2.31. The van der Waals surface area contributed by atoms with Gasteiger partial charge >= 0.3 is 6.03 Å². The number of nitrogens with zero attached hydrogens (tertiary/aromatic N) is 6. The van der Waals surface area contributed by atoms with E-state index >= 15 is 0 Å². The predicted octanol–water partition coefficient (Wildman–Crippen LogP) is 2.11. The van der Waals surface area contributed by atoms with Gasteiger partial charge < -0.3 is 24.8 Å². The van der Waals surface area contributed by atoms with Crippen molar-refractivity contribution >= 4 is 29.1 Å². The summed E-state index contributed by atoms with van der Waals surface area (Å²) in [5.41, 5.74) is 0.510. The summed E-state index contributed by atoms with van der Waals surface area (Å²) >= 11 is 1.56. The first-order chi connectivity index (χ1) is 18.2. The predicted molar refractivity (Wildman–Crippen MR) is 143 cm³/mol. The zero-order valence-corrected chi connectivity index (χ0v) is 22.2. The smallest absolute Gasteiger partial charge is 0.320 e. The number of carbonyl (C=O) groups is 2. The molecule has 3 saturated heterocycles. The number of pyridine rings is 1. The summed E-state index contributed by atoms with van der Waals surface area (Å²) in [5.74, 6) is 1.18. The maximum absolute atomic E-state index is 13.1. The van der Waals surface area contributed by atoms with Gasteiger partial charge in [0.25, 0.3) is 5.91 Å². The van der Waals surface area contributed by atoms with Gasteiger partial charge in [0.15, 0.2) is 0 Å². The summed E-state index contributed by atoms with van der Waals surface area (Å²) in [6, 6.07) is 6.07. The molecule has 1 N–H and O–H groups in total. The molecule has 0 bridgehead atoms. The van der Waals surface area contributed by atoms with Crippen molar-refractivity contribution in [3.63, 3.8) is 0 Å². The lowest BCUT2D eigenvalue weighted by Gasteiger charge is -2.39. The van der Waals surface area contributed by atoms with Crippen molar-refractivity contribution in [3.05, 3.63) is 40.5 Å². The molecule has 0 aliphatic carbocycles. The average Bonchev–Trinajstić information content (AvgIpc) is 3.47. The lowest BCUT2D eigenvalue weighted by Crippen LogP contribution is -2.54. The van der Waals surface area contributed by atoms with Crippen LogP contribution in [0.3, 0.4) is 0 Å². The second-order valence-electron chi connectivity index (χ2n) is 9.84. The third-order valence-corrected chi connectivity index (χ3v) is 8.44. The third kappa shape index (κ3) is 6.77. The molecule has 0 atom stereocenters. The van der Waals surface area contributed by atoms with Crippen LogP contribution in [0.25, 0.3) is 0 Å². The zero-order valence-electron chi connectivity index (χ0n) is 21.4. The standard InChI is InChI=1S/C26H37N7O3S/c34-24(28-8-3-9-30-16-18-36-19-17-30)22-20-37-25(29-22)21-5-10-32(11-6-21)26(35)33-14-12-31(13-15-33)23-4-1-2-7-27-23/h1-2,4,7,20-21H,3,5-6,8-19H2,(H,28,34). The number of piperidine rings is 1. The van der Waals surface area contributed by atoms with Gasteiger partial charge in [0.2, 0.25) is 0 Å². The molecule has 5 rings (SSSR count). The fraction of sp³-hybridized carbons (Fsp3) is 0.615. The SMILES string of the molecule is O=C(NCCCN1CCOCC1)c1csc(C2CCN(C(=O)N3CCN(c4ccccn4)CC3)CC2)n1. The van der Waals surface area contributed by atoms with E-state index in [1.807, 2.05) is 39.6 Å². The minimum atomic E-state index is -0.0954. The van der Waals surface area contributed by atoms with E-state index in [1.54, 1.807) is 11.3 Å². The monoisotopic (exact) mass is 527 g/mol. The number of likely N-dealkylation sites (tertiary alicyclic amines) is 1. The molecule has 37 heavy (non-hydrogen) atoms. The number of hydrogen-bond acceptors (Lipinski definition) is 8. The van der Waals surface area contributed by atoms with Crippen LogP contribution in [0.1, 0.15) is 40.7 Å². The van der Waals surface area contributed by atoms with Crippen molar-refractivity contribution < 1.29 is 14.3 Å². The van der Waals surface area contributed by atoms with Crippen LogP contribution in [0.4, 0.5) is 10.6 Å². The minimum absolute atomic E-state index is 0.0954. The Balaban J connectivity index is 1.02. The molecule has 3 aliphatic heterocycles. The topological polar surface area (TPSA) is 94.1 Å². The number of anilines is 1. The van der Waals surface area contributed by atoms with Gasteiger partial charge in [-0.2, -0.15) is 0 Å². The van der Waals surface area contributed by atoms with Gasteiger partial charge in [0, 0.05) is 76.4 Å². The lowest BCUT2D eigenvalue weighted by atomic mass is 9.98. The van der Waals surface area contributed by atoms with E-state index in [1.165, 1.54) is 0 Å². The molecule has 10 nitrogen and oxygen atoms in total. The molecule has 3 aliphatic rings. The van der Waals surface area contributed by atoms with Crippen molar-refractivity contribution in [2.24, 2.45) is 0 Å². The van der Waals surface area contributed by atoms with Crippen molar-refractivity contribution in [1.29, 1.82) is 0 Å². The van der Waals surface area contributed by atoms with E-state index in [9.17, 15) is 9.59 Å². The normalized spacial score (nSPS) is 19.7. The molecule has 0 radical (unpaired) electrons. The largest absolute Gasteiger partial charge is 0.379 e. The molecule has 200 valence electrons. The van der Waals surface area contributed by atoms with Gasteiger partial charge in [-0.3, -0.25) is 9.69 Å². The molecule has 3 amide bonds. The van der Waals surface area contributed by atoms with Gasteiger partial charge in [0.05, 0.1) is 18.2 Å². The van der Waals surface area contributed by atoms with Crippen LogP contribution in [0.5, 0.6) is 0 Å². The number of carbonyl (C=O) groups excluding carboxylic acids is 2. The molecule has 2 aromatic heterocycles. The number of aromatic nitrogens is 2. The Kier molecular flexibility index (Phi) is 8.85. The molecule has 11 heteroatoms. The third-order valence-electron chi connectivity index (χ3n) is 7.43. The second-order valence-corrected chi connectivity index (χ2v) is 10.7. The number of nitrogens with one attached hydrogen (secondary N) is 1. The van der Waals surface area contributed by atoms with Crippen LogP contribution >= 0.6 is 11.3 Å². The summed E-state index contributed by atoms with van der Waals surface area (Å²) in [6.07, 6.45) is 4.50. The molecule has 0 aromatic carbocycles. The molecule has 2 aromatic rings. The van der Waals surface area contributed by atoms with Crippen molar-refractivity contribution in [2.75, 3.05) is 83.6 Å². The highest BCUT2D eigenvalue weighted by Gasteiger charge is 2.30. The van der Waals surface area contributed by atoms with Gasteiger partial charge in [-0.05, 0) is 37.9 Å². The maximum Gasteiger partial charge on any atom is 0.320 e. The van der Waals surface area contributed by atoms with Gasteiger partial charge in [0.1, 0.15) is 11.5 Å². The Bertz CT molecular complexity index is 1010. The van der Waals surface area contributed by atoms with Gasteiger partial charge in [-0.15, -0.1) is 11.3 Å². The van der Waals surface area contributed by atoms with Crippen LogP contribution in [-0.2, 0) is 4.74 Å². The Morgan fingerprint density at radius 3 is 2.49 bits per heavy atom. The molecule has 0 unspecified atom stereocenters. The van der Waals surface area contributed by atoms with Crippen LogP contribution < -0.4 is 10.2 Å². The van der Waals surface area contributed by atoms with Crippen LogP contribution in [-0.4, -0.2) is 115 Å². The number of rotatable bonds is 7. The highest BCUT2D eigenvalue weighted by molar-refractivity contribution is 7.09. The molecule has 3 fully saturated rings. The fourth-order valence-electron chi connectivity index (χ4n) is 5.18. The molecule has 5 heterocycles. The molecule has 0 saturated carbocycles. The highest BCUT2D eigenvalue weighted by atomic mass is 32.1.